The van der Waals surface area contributed by atoms with Crippen molar-refractivity contribution in [2.75, 3.05) is 34.5 Å². The molecule has 5 aliphatic rings. The van der Waals surface area contributed by atoms with Crippen LogP contribution in [0.5, 0.6) is 0 Å². The molecule has 5 heterocycles. The van der Waals surface area contributed by atoms with E-state index in [0.717, 1.165) is 0 Å². The van der Waals surface area contributed by atoms with Crippen molar-refractivity contribution in [1.82, 2.24) is 0 Å². The zero-order valence-electron chi connectivity index (χ0n) is 22.1. The van der Waals surface area contributed by atoms with E-state index in [1.165, 1.54) is 14.2 Å². The molecule has 5 rings (SSSR count). The van der Waals surface area contributed by atoms with Gasteiger partial charge in [0.05, 0.1) is 20.8 Å². The minimum absolute atomic E-state index is 0.221. The molecule has 36 heavy (non-hydrogen) atoms. The summed E-state index contributed by atoms with van der Waals surface area (Å²) in [4.78, 5) is 0. The van der Waals surface area contributed by atoms with Crippen LogP contribution in [0.15, 0.2) is 12.5 Å². The summed E-state index contributed by atoms with van der Waals surface area (Å²) in [5, 5.41) is 18.4. The van der Waals surface area contributed by atoms with Crippen molar-refractivity contribution in [3.05, 3.63) is 12.5 Å². The molecule has 9 atom stereocenters. The smallest absolute Gasteiger partial charge is 0.270 e. The first-order valence-electron chi connectivity index (χ1n) is 11.7. The van der Waals surface area contributed by atoms with Crippen molar-refractivity contribution in [3.8, 4) is 0 Å². The normalized spacial score (nSPS) is 43.2. The maximum Gasteiger partial charge on any atom is 0.270 e. The number of aliphatic hydroxyl groups is 2. The van der Waals surface area contributed by atoms with Gasteiger partial charge in [0.2, 0.25) is 0 Å². The first-order chi connectivity index (χ1) is 16.8. The summed E-state index contributed by atoms with van der Waals surface area (Å²) >= 11 is 0. The molecule has 0 spiro atoms. The number of ether oxygens (including phenoxy) is 11. The predicted molar refractivity (Wildman–Crippen MR) is 120 cm³/mol. The van der Waals surface area contributed by atoms with Gasteiger partial charge < -0.3 is 62.3 Å². The third-order valence-corrected chi connectivity index (χ3v) is 6.03. The maximum absolute atomic E-state index is 9.60. The molecular weight excluding hydrogens is 484 g/mol. The van der Waals surface area contributed by atoms with Gasteiger partial charge in [-0.15, -0.1) is 0 Å². The Balaban J connectivity index is 0.000000169. The second-order valence-corrected chi connectivity index (χ2v) is 9.80. The van der Waals surface area contributed by atoms with E-state index < -0.39 is 54.5 Å². The zero-order chi connectivity index (χ0) is 26.9. The van der Waals surface area contributed by atoms with Gasteiger partial charge in [-0.2, -0.15) is 0 Å². The maximum atomic E-state index is 9.60. The highest BCUT2D eigenvalue weighted by atomic mass is 16.9. The molecule has 0 bridgehead atoms. The van der Waals surface area contributed by atoms with E-state index in [4.69, 9.17) is 47.7 Å². The van der Waals surface area contributed by atoms with Crippen LogP contribution in [-0.2, 0) is 52.1 Å². The van der Waals surface area contributed by atoms with E-state index in [1.807, 2.05) is 20.8 Å². The fraction of sp³-hybridized carbons (Fsp3) is 0.913. The lowest BCUT2D eigenvalue weighted by Crippen LogP contribution is -2.53. The van der Waals surface area contributed by atoms with E-state index >= 15 is 0 Å². The van der Waals surface area contributed by atoms with E-state index in [0.29, 0.717) is 12.6 Å². The molecule has 13 nitrogen and oxygen atoms in total. The van der Waals surface area contributed by atoms with Gasteiger partial charge in [-0.3, -0.25) is 0 Å². The second kappa shape index (κ2) is 11.3. The number of methoxy groups -OCH3 is 3. The molecule has 0 aromatic rings. The second-order valence-electron chi connectivity index (χ2n) is 9.80. The molecule has 3 unspecified atom stereocenters. The highest BCUT2D eigenvalue weighted by molar-refractivity contribution is 4.94. The molecule has 5 saturated heterocycles. The summed E-state index contributed by atoms with van der Waals surface area (Å²) in [5.41, 5.74) is 0. The Bertz CT molecular complexity index is 740. The molecule has 0 aliphatic carbocycles. The summed E-state index contributed by atoms with van der Waals surface area (Å²) in [7, 11) is 4.60. The van der Waals surface area contributed by atoms with Gasteiger partial charge in [0.25, 0.3) is 5.95 Å². The van der Waals surface area contributed by atoms with Gasteiger partial charge in [0, 0.05) is 7.11 Å². The van der Waals surface area contributed by atoms with Crippen LogP contribution in [-0.4, -0.2) is 112 Å². The van der Waals surface area contributed by atoms with Crippen LogP contribution >= 0.6 is 0 Å². The Morgan fingerprint density at radius 3 is 1.81 bits per heavy atom. The van der Waals surface area contributed by atoms with Crippen LogP contribution in [0.1, 0.15) is 34.6 Å². The van der Waals surface area contributed by atoms with Crippen LogP contribution in [0.3, 0.4) is 0 Å². The fourth-order valence-corrected chi connectivity index (χ4v) is 4.16. The van der Waals surface area contributed by atoms with E-state index in [9.17, 15) is 5.11 Å². The van der Waals surface area contributed by atoms with Crippen molar-refractivity contribution in [1.29, 1.82) is 0 Å². The van der Waals surface area contributed by atoms with Crippen LogP contribution in [0, 0.1) is 0 Å². The monoisotopic (exact) mass is 524 g/mol. The summed E-state index contributed by atoms with van der Waals surface area (Å²) in [6.07, 6.45) is -3.90. The molecule has 13 heteroatoms. The SMILES string of the molecule is C=C(OC)OC.CC1(C)OC2O[C@H](CO)[C@H](O)[C@H]2O1.COC1(C)CO[C@H]2OC3OC(C)(C)O[C@@H]3[C@H]2O1. The first-order valence-corrected chi connectivity index (χ1v) is 11.7. The Hall–Kier alpha value is -1.10. The van der Waals surface area contributed by atoms with Gasteiger partial charge in [0.15, 0.2) is 36.2 Å². The Morgan fingerprint density at radius 1 is 0.806 bits per heavy atom. The zero-order valence-corrected chi connectivity index (χ0v) is 22.1. The molecule has 2 N–H and O–H groups in total. The molecule has 0 radical (unpaired) electrons. The Morgan fingerprint density at radius 2 is 1.33 bits per heavy atom. The van der Waals surface area contributed by atoms with Gasteiger partial charge in [-0.25, -0.2) is 0 Å². The molecule has 0 aromatic carbocycles. The third-order valence-electron chi connectivity index (χ3n) is 6.03. The average molecular weight is 525 g/mol. The van der Waals surface area contributed by atoms with Crippen molar-refractivity contribution in [2.24, 2.45) is 0 Å². The van der Waals surface area contributed by atoms with Crippen LogP contribution in [0.2, 0.25) is 0 Å². The highest BCUT2D eigenvalue weighted by Gasteiger charge is 2.59. The summed E-state index contributed by atoms with van der Waals surface area (Å²) < 4.78 is 58.7. The lowest BCUT2D eigenvalue weighted by molar-refractivity contribution is -0.364. The van der Waals surface area contributed by atoms with Crippen molar-refractivity contribution >= 4 is 0 Å². The van der Waals surface area contributed by atoms with Gasteiger partial charge in [-0.05, 0) is 41.2 Å². The van der Waals surface area contributed by atoms with Crippen molar-refractivity contribution in [3.63, 3.8) is 0 Å². The van der Waals surface area contributed by atoms with Gasteiger partial charge >= 0.3 is 0 Å². The standard InChI is InChI=1S/C11H18O6.C8H14O5.C4H8O2/c1-10(2)15-7-6-8(14-9(7)17-10)13-5-11(3,12-4)16-6;1-8(2)12-6-5(10)4(3-9)11-7(6)13-8;1-4(5-2)6-3/h6-9H,5H2,1-4H3;4-7,9-10H,3H2,1-2H3;1H2,2-3H3/t6-,7-,8+,9?,11?;4-,5+,6-,7?;/m11./s1. The summed E-state index contributed by atoms with van der Waals surface area (Å²) in [6, 6.07) is 0. The third kappa shape index (κ3) is 6.66. The minimum atomic E-state index is -0.809. The average Bonchev–Trinajstić information content (AvgIpc) is 3.50. The number of aliphatic hydroxyl groups excluding tert-OH is 2. The van der Waals surface area contributed by atoms with Crippen molar-refractivity contribution in [2.45, 2.75) is 101 Å². The van der Waals surface area contributed by atoms with E-state index in [1.54, 1.807) is 21.0 Å². The first kappa shape index (κ1) is 29.5. The van der Waals surface area contributed by atoms with Crippen LogP contribution in [0.25, 0.3) is 0 Å². The predicted octanol–water partition coefficient (Wildman–Crippen LogP) is 0.565. The molecule has 0 amide bonds. The number of hydrogen-bond acceptors (Lipinski definition) is 13. The topological polar surface area (TPSA) is 142 Å². The number of fused-ring (bicyclic) bond motifs is 4. The van der Waals surface area contributed by atoms with E-state index in [-0.39, 0.29) is 18.8 Å². The molecule has 0 saturated carbocycles. The fourth-order valence-electron chi connectivity index (χ4n) is 4.16. The highest BCUT2D eigenvalue weighted by Crippen LogP contribution is 2.42. The largest absolute Gasteiger partial charge is 0.469 e. The quantitative estimate of drug-likeness (QED) is 0.495. The number of hydrogen-bond donors (Lipinski definition) is 2. The van der Waals surface area contributed by atoms with Crippen molar-refractivity contribution < 1.29 is 62.3 Å². The van der Waals surface area contributed by atoms with Crippen LogP contribution < -0.4 is 0 Å². The molecule has 5 aliphatic heterocycles. The lowest BCUT2D eigenvalue weighted by atomic mass is 10.1. The molecule has 0 aromatic heterocycles. The lowest BCUT2D eigenvalue weighted by Gasteiger charge is -2.39. The Labute approximate surface area is 211 Å². The van der Waals surface area contributed by atoms with Gasteiger partial charge in [0.1, 0.15) is 37.1 Å². The summed E-state index contributed by atoms with van der Waals surface area (Å²) in [6.45, 7) is 12.5. The molecule has 210 valence electrons. The van der Waals surface area contributed by atoms with E-state index in [2.05, 4.69) is 16.1 Å². The molecule has 5 fully saturated rings. The van der Waals surface area contributed by atoms with Crippen LogP contribution in [0.4, 0.5) is 0 Å². The Kier molecular flexibility index (Phi) is 9.27. The number of rotatable bonds is 4. The minimum Gasteiger partial charge on any atom is -0.469 e. The molecular formula is C23H40O13. The van der Waals surface area contributed by atoms with Gasteiger partial charge in [-0.1, -0.05) is 0 Å². The summed E-state index contributed by atoms with van der Waals surface area (Å²) in [5.74, 6) is -1.77.